The van der Waals surface area contributed by atoms with E-state index in [4.69, 9.17) is 0 Å². The number of aromatic nitrogens is 1. The highest BCUT2D eigenvalue weighted by Crippen LogP contribution is 2.41. The van der Waals surface area contributed by atoms with Gasteiger partial charge in [-0.15, -0.1) is 0 Å². The number of Topliss-reactive ketones (excluding diaryl/α,β-unsaturated/α-hetero) is 1. The second-order valence-corrected chi connectivity index (χ2v) is 5.67. The standard InChI is InChI=1S/C16H22N2O/c1-12(19)8-5-4-6-10-16(3)13(2)18-15-14(16)9-7-11-17-15/h7,9,11H,4-6,8,10H2,1-3H3. The minimum absolute atomic E-state index is 0.0276. The Morgan fingerprint density at radius 2 is 2.11 bits per heavy atom. The lowest BCUT2D eigenvalue weighted by Gasteiger charge is -2.25. The van der Waals surface area contributed by atoms with Crippen LogP contribution in [0.4, 0.5) is 5.82 Å². The van der Waals surface area contributed by atoms with E-state index in [-0.39, 0.29) is 5.41 Å². The zero-order valence-corrected chi connectivity index (χ0v) is 12.1. The molecule has 0 amide bonds. The van der Waals surface area contributed by atoms with Gasteiger partial charge in [-0.3, -0.25) is 0 Å². The molecule has 2 heterocycles. The van der Waals surface area contributed by atoms with Gasteiger partial charge in [0.05, 0.1) is 0 Å². The predicted molar refractivity (Wildman–Crippen MR) is 78.1 cm³/mol. The summed E-state index contributed by atoms with van der Waals surface area (Å²) in [5, 5.41) is 0. The number of fused-ring (bicyclic) bond motifs is 1. The molecule has 2 rings (SSSR count). The minimum Gasteiger partial charge on any atom is -0.300 e. The molecule has 19 heavy (non-hydrogen) atoms. The third-order valence-corrected chi connectivity index (χ3v) is 4.16. The first-order valence-electron chi connectivity index (χ1n) is 7.05. The van der Waals surface area contributed by atoms with E-state index < -0.39 is 0 Å². The van der Waals surface area contributed by atoms with Crippen LogP contribution in [0.3, 0.4) is 0 Å². The molecule has 0 saturated carbocycles. The van der Waals surface area contributed by atoms with Crippen molar-refractivity contribution in [2.24, 2.45) is 4.99 Å². The van der Waals surface area contributed by atoms with Crippen molar-refractivity contribution < 1.29 is 4.79 Å². The quantitative estimate of drug-likeness (QED) is 0.724. The van der Waals surface area contributed by atoms with E-state index in [0.29, 0.717) is 12.2 Å². The predicted octanol–water partition coefficient (Wildman–Crippen LogP) is 3.98. The molecule has 3 heteroatoms. The van der Waals surface area contributed by atoms with E-state index in [9.17, 15) is 4.79 Å². The zero-order valence-electron chi connectivity index (χ0n) is 12.1. The molecule has 0 N–H and O–H groups in total. The molecule has 0 fully saturated rings. The Morgan fingerprint density at radius 3 is 2.84 bits per heavy atom. The number of nitrogens with zero attached hydrogens (tertiary/aromatic N) is 2. The van der Waals surface area contributed by atoms with Gasteiger partial charge in [0.1, 0.15) is 5.78 Å². The van der Waals surface area contributed by atoms with Gasteiger partial charge in [0, 0.05) is 29.3 Å². The van der Waals surface area contributed by atoms with Gasteiger partial charge in [0.15, 0.2) is 5.82 Å². The maximum absolute atomic E-state index is 10.9. The van der Waals surface area contributed by atoms with Crippen LogP contribution in [-0.4, -0.2) is 16.5 Å². The second-order valence-electron chi connectivity index (χ2n) is 5.67. The Labute approximate surface area is 115 Å². The Hall–Kier alpha value is -1.51. The van der Waals surface area contributed by atoms with E-state index in [2.05, 4.69) is 29.9 Å². The molecule has 0 saturated heterocycles. The zero-order chi connectivity index (χ0) is 13.9. The summed E-state index contributed by atoms with van der Waals surface area (Å²) in [5.74, 6) is 1.17. The van der Waals surface area contributed by atoms with Crippen LogP contribution in [0, 0.1) is 0 Å². The Balaban J connectivity index is 1.96. The number of aliphatic imine (C=N–C) groups is 1. The number of rotatable bonds is 6. The molecule has 1 atom stereocenters. The van der Waals surface area contributed by atoms with Gasteiger partial charge in [-0.2, -0.15) is 0 Å². The Kier molecular flexibility index (Phi) is 4.13. The molecule has 0 aromatic carbocycles. The van der Waals surface area contributed by atoms with Crippen LogP contribution in [0.1, 0.15) is 58.4 Å². The molecule has 0 aliphatic carbocycles. The summed E-state index contributed by atoms with van der Waals surface area (Å²) in [4.78, 5) is 19.8. The molecule has 1 aliphatic heterocycles. The Morgan fingerprint density at radius 1 is 1.32 bits per heavy atom. The van der Waals surface area contributed by atoms with E-state index in [1.165, 1.54) is 5.56 Å². The molecule has 1 unspecified atom stereocenters. The highest BCUT2D eigenvalue weighted by Gasteiger charge is 2.36. The summed E-state index contributed by atoms with van der Waals surface area (Å²) < 4.78 is 0. The molecule has 3 nitrogen and oxygen atoms in total. The molecular formula is C16H22N2O. The lowest BCUT2D eigenvalue weighted by Crippen LogP contribution is -2.27. The lowest BCUT2D eigenvalue weighted by molar-refractivity contribution is -0.117. The molecular weight excluding hydrogens is 236 g/mol. The highest BCUT2D eigenvalue weighted by molar-refractivity contribution is 5.99. The van der Waals surface area contributed by atoms with Gasteiger partial charge in [-0.25, -0.2) is 9.98 Å². The largest absolute Gasteiger partial charge is 0.300 e. The van der Waals surface area contributed by atoms with Crippen molar-refractivity contribution in [3.63, 3.8) is 0 Å². The van der Waals surface area contributed by atoms with Gasteiger partial charge in [0.25, 0.3) is 0 Å². The van der Waals surface area contributed by atoms with Crippen molar-refractivity contribution >= 4 is 17.3 Å². The van der Waals surface area contributed by atoms with Gasteiger partial charge in [0.2, 0.25) is 0 Å². The van der Waals surface area contributed by atoms with Crippen molar-refractivity contribution in [2.45, 2.75) is 58.3 Å². The normalized spacial score (nSPS) is 21.1. The fraction of sp³-hybridized carbons (Fsp3) is 0.562. The molecule has 0 bridgehead atoms. The summed E-state index contributed by atoms with van der Waals surface area (Å²) in [7, 11) is 0. The van der Waals surface area contributed by atoms with Gasteiger partial charge >= 0.3 is 0 Å². The van der Waals surface area contributed by atoms with Crippen LogP contribution in [0.15, 0.2) is 23.3 Å². The number of unbranched alkanes of at least 4 members (excludes halogenated alkanes) is 2. The van der Waals surface area contributed by atoms with E-state index >= 15 is 0 Å². The number of hydrogen-bond donors (Lipinski definition) is 0. The van der Waals surface area contributed by atoms with Crippen molar-refractivity contribution in [3.05, 3.63) is 23.9 Å². The van der Waals surface area contributed by atoms with Crippen molar-refractivity contribution in [1.29, 1.82) is 0 Å². The first-order valence-corrected chi connectivity index (χ1v) is 7.05. The van der Waals surface area contributed by atoms with Gasteiger partial charge in [-0.05, 0) is 32.8 Å². The van der Waals surface area contributed by atoms with E-state index in [0.717, 1.165) is 37.2 Å². The molecule has 1 aliphatic rings. The van der Waals surface area contributed by atoms with E-state index in [1.54, 1.807) is 13.1 Å². The van der Waals surface area contributed by atoms with Crippen LogP contribution in [0.5, 0.6) is 0 Å². The number of hydrogen-bond acceptors (Lipinski definition) is 3. The number of carbonyl (C=O) groups excluding carboxylic acids is 1. The topological polar surface area (TPSA) is 42.3 Å². The average molecular weight is 258 g/mol. The number of ketones is 1. The van der Waals surface area contributed by atoms with Gasteiger partial charge in [-0.1, -0.05) is 25.8 Å². The summed E-state index contributed by atoms with van der Waals surface area (Å²) >= 11 is 0. The molecule has 0 spiro atoms. The van der Waals surface area contributed by atoms with E-state index in [1.807, 2.05) is 6.07 Å². The second kappa shape index (κ2) is 5.64. The van der Waals surface area contributed by atoms with Gasteiger partial charge < -0.3 is 4.79 Å². The fourth-order valence-corrected chi connectivity index (χ4v) is 2.74. The van der Waals surface area contributed by atoms with Crippen LogP contribution >= 0.6 is 0 Å². The smallest absolute Gasteiger partial charge is 0.155 e. The first kappa shape index (κ1) is 13.9. The highest BCUT2D eigenvalue weighted by atomic mass is 16.1. The fourth-order valence-electron chi connectivity index (χ4n) is 2.74. The molecule has 1 aromatic rings. The molecule has 0 radical (unpaired) electrons. The molecule has 102 valence electrons. The van der Waals surface area contributed by atoms with Crippen LogP contribution in [-0.2, 0) is 10.2 Å². The summed E-state index contributed by atoms with van der Waals surface area (Å²) in [6.45, 7) is 6.01. The van der Waals surface area contributed by atoms with Crippen LogP contribution in [0.2, 0.25) is 0 Å². The number of pyridine rings is 1. The van der Waals surface area contributed by atoms with Crippen LogP contribution in [0.25, 0.3) is 0 Å². The molecule has 1 aromatic heterocycles. The maximum atomic E-state index is 10.9. The summed E-state index contributed by atoms with van der Waals surface area (Å²) in [5.41, 5.74) is 2.44. The lowest BCUT2D eigenvalue weighted by atomic mass is 9.76. The summed E-state index contributed by atoms with van der Waals surface area (Å²) in [6.07, 6.45) is 6.83. The first-order chi connectivity index (χ1) is 9.04. The van der Waals surface area contributed by atoms with Crippen LogP contribution < -0.4 is 0 Å². The van der Waals surface area contributed by atoms with Crippen molar-refractivity contribution in [1.82, 2.24) is 4.98 Å². The minimum atomic E-state index is 0.0276. The Bertz CT molecular complexity index is 507. The SMILES string of the molecule is CC(=O)CCCCCC1(C)C(C)=Nc2ncccc21. The third kappa shape index (κ3) is 2.91. The van der Waals surface area contributed by atoms with Crippen molar-refractivity contribution in [3.8, 4) is 0 Å². The maximum Gasteiger partial charge on any atom is 0.155 e. The third-order valence-electron chi connectivity index (χ3n) is 4.16. The van der Waals surface area contributed by atoms with Crippen molar-refractivity contribution in [2.75, 3.05) is 0 Å². The summed E-state index contributed by atoms with van der Waals surface area (Å²) in [6, 6.07) is 4.12. The number of carbonyl (C=O) groups is 1. The average Bonchev–Trinajstić information content (AvgIpc) is 2.62. The monoisotopic (exact) mass is 258 g/mol.